The summed E-state index contributed by atoms with van der Waals surface area (Å²) < 4.78 is 35.4. The van der Waals surface area contributed by atoms with Crippen LogP contribution in [-0.2, 0) is 10.0 Å². The first-order valence-electron chi connectivity index (χ1n) is 6.30. The Morgan fingerprint density at radius 2 is 1.95 bits per heavy atom. The molecule has 2 N–H and O–H groups in total. The third-order valence-electron chi connectivity index (χ3n) is 3.04. The van der Waals surface area contributed by atoms with Gasteiger partial charge < -0.3 is 14.8 Å². The van der Waals surface area contributed by atoms with Crippen LogP contribution < -0.4 is 19.5 Å². The molecule has 0 aliphatic carbocycles. The van der Waals surface area contributed by atoms with Crippen molar-refractivity contribution in [2.45, 2.75) is 13.0 Å². The third-order valence-corrected chi connectivity index (χ3v) is 4.40. The van der Waals surface area contributed by atoms with E-state index < -0.39 is 10.0 Å². The van der Waals surface area contributed by atoms with Crippen LogP contribution in [0, 0.1) is 0 Å². The first-order chi connectivity index (χ1) is 9.43. The number of rotatable bonds is 8. The molecule has 1 aromatic rings. The van der Waals surface area contributed by atoms with E-state index in [1.54, 1.807) is 20.3 Å². The van der Waals surface area contributed by atoms with E-state index in [9.17, 15) is 8.42 Å². The van der Waals surface area contributed by atoms with Gasteiger partial charge in [-0.1, -0.05) is 6.07 Å². The average molecular weight is 302 g/mol. The lowest BCUT2D eigenvalue weighted by Crippen LogP contribution is -2.31. The van der Waals surface area contributed by atoms with E-state index >= 15 is 0 Å². The molecule has 0 aliphatic heterocycles. The van der Waals surface area contributed by atoms with Crippen molar-refractivity contribution in [1.82, 2.24) is 10.0 Å². The molecule has 0 spiro atoms. The minimum absolute atomic E-state index is 0.0251. The summed E-state index contributed by atoms with van der Waals surface area (Å²) >= 11 is 0. The number of benzene rings is 1. The fourth-order valence-corrected chi connectivity index (χ4v) is 2.39. The molecule has 0 radical (unpaired) electrons. The summed E-state index contributed by atoms with van der Waals surface area (Å²) in [4.78, 5) is 0. The Balaban J connectivity index is 2.70. The molecule has 0 aliphatic rings. The molecule has 0 saturated carbocycles. The summed E-state index contributed by atoms with van der Waals surface area (Å²) in [5.41, 5.74) is 0.954. The quantitative estimate of drug-likeness (QED) is 0.746. The van der Waals surface area contributed by atoms with Crippen molar-refractivity contribution < 1.29 is 17.9 Å². The largest absolute Gasteiger partial charge is 0.497 e. The van der Waals surface area contributed by atoms with Gasteiger partial charge in [0.2, 0.25) is 10.0 Å². The fourth-order valence-electron chi connectivity index (χ4n) is 1.80. The van der Waals surface area contributed by atoms with Crippen LogP contribution in [0.4, 0.5) is 0 Å². The van der Waals surface area contributed by atoms with Crippen LogP contribution in [0.2, 0.25) is 0 Å². The predicted octanol–water partition coefficient (Wildman–Crippen LogP) is 0.904. The third kappa shape index (κ3) is 4.66. The van der Waals surface area contributed by atoms with Gasteiger partial charge in [0.1, 0.15) is 11.5 Å². The zero-order valence-electron chi connectivity index (χ0n) is 12.3. The minimum Gasteiger partial charge on any atom is -0.497 e. The number of nitrogens with one attached hydrogen (secondary N) is 2. The van der Waals surface area contributed by atoms with Gasteiger partial charge in [-0.05, 0) is 20.0 Å². The molecule has 0 aromatic heterocycles. The second-order valence-electron chi connectivity index (χ2n) is 4.31. The monoisotopic (exact) mass is 302 g/mol. The first-order valence-corrected chi connectivity index (χ1v) is 7.95. The maximum atomic E-state index is 11.3. The Kier molecular flexibility index (Phi) is 6.25. The van der Waals surface area contributed by atoms with Crippen LogP contribution in [0.25, 0.3) is 0 Å². The van der Waals surface area contributed by atoms with Gasteiger partial charge in [0.25, 0.3) is 0 Å². The van der Waals surface area contributed by atoms with Crippen molar-refractivity contribution in [3.8, 4) is 11.5 Å². The smallest absolute Gasteiger partial charge is 0.212 e. The highest BCUT2D eigenvalue weighted by Crippen LogP contribution is 2.29. The van der Waals surface area contributed by atoms with Gasteiger partial charge >= 0.3 is 0 Å². The molecule has 6 nitrogen and oxygen atoms in total. The topological polar surface area (TPSA) is 76.7 Å². The number of sulfonamides is 1. The van der Waals surface area contributed by atoms with E-state index in [0.717, 1.165) is 11.3 Å². The molecule has 0 amide bonds. The zero-order chi connectivity index (χ0) is 15.2. The first kappa shape index (κ1) is 16.7. The summed E-state index contributed by atoms with van der Waals surface area (Å²) in [5.74, 6) is 1.46. The van der Waals surface area contributed by atoms with Crippen molar-refractivity contribution in [3.05, 3.63) is 23.8 Å². The highest BCUT2D eigenvalue weighted by atomic mass is 32.2. The van der Waals surface area contributed by atoms with E-state index in [4.69, 9.17) is 9.47 Å². The molecule has 114 valence electrons. The molecule has 0 fully saturated rings. The number of ether oxygens (including phenoxy) is 2. The van der Waals surface area contributed by atoms with Crippen LogP contribution in [0.5, 0.6) is 11.5 Å². The fraction of sp³-hybridized carbons (Fsp3) is 0.538. The molecule has 1 rings (SSSR count). The van der Waals surface area contributed by atoms with E-state index in [-0.39, 0.29) is 11.8 Å². The molecule has 7 heteroatoms. The van der Waals surface area contributed by atoms with Crippen LogP contribution in [0.1, 0.15) is 18.5 Å². The molecular formula is C13H22N2O4S. The standard InChI is InChI=1S/C13H22N2O4S/c1-10(15-7-8-20(16,17)14-2)12-6-5-11(18-3)9-13(12)19-4/h5-6,9-10,14-15H,7-8H2,1-4H3. The highest BCUT2D eigenvalue weighted by molar-refractivity contribution is 7.89. The van der Waals surface area contributed by atoms with Crippen LogP contribution in [-0.4, -0.2) is 42.0 Å². The van der Waals surface area contributed by atoms with Gasteiger partial charge in [0.05, 0.1) is 20.0 Å². The molecule has 1 atom stereocenters. The second kappa shape index (κ2) is 7.47. The van der Waals surface area contributed by atoms with Gasteiger partial charge in [-0.3, -0.25) is 0 Å². The average Bonchev–Trinajstić information content (AvgIpc) is 2.46. The summed E-state index contributed by atoms with van der Waals surface area (Å²) in [6, 6.07) is 5.53. The van der Waals surface area contributed by atoms with E-state index in [2.05, 4.69) is 10.0 Å². The maximum Gasteiger partial charge on any atom is 0.212 e. The SMILES string of the molecule is CNS(=O)(=O)CCNC(C)c1ccc(OC)cc1OC. The number of methoxy groups -OCH3 is 2. The van der Waals surface area contributed by atoms with Crippen molar-refractivity contribution >= 4 is 10.0 Å². The summed E-state index contributed by atoms with van der Waals surface area (Å²) in [6.45, 7) is 2.32. The number of hydrogen-bond donors (Lipinski definition) is 2. The Hall–Kier alpha value is -1.31. The summed E-state index contributed by atoms with van der Waals surface area (Å²) in [5, 5.41) is 3.16. The van der Waals surface area contributed by atoms with Gasteiger partial charge in [-0.2, -0.15) is 0 Å². The van der Waals surface area contributed by atoms with Gasteiger partial charge in [-0.15, -0.1) is 0 Å². The Bertz CT molecular complexity index is 531. The Morgan fingerprint density at radius 3 is 2.50 bits per heavy atom. The molecular weight excluding hydrogens is 280 g/mol. The van der Waals surface area contributed by atoms with Crippen molar-refractivity contribution in [3.63, 3.8) is 0 Å². The number of hydrogen-bond acceptors (Lipinski definition) is 5. The molecule has 20 heavy (non-hydrogen) atoms. The highest BCUT2D eigenvalue weighted by Gasteiger charge is 2.13. The van der Waals surface area contributed by atoms with E-state index in [1.165, 1.54) is 7.05 Å². The normalized spacial score (nSPS) is 13.0. The van der Waals surface area contributed by atoms with E-state index in [0.29, 0.717) is 12.3 Å². The lowest BCUT2D eigenvalue weighted by atomic mass is 10.1. The molecule has 0 heterocycles. The van der Waals surface area contributed by atoms with Gasteiger partial charge in [-0.25, -0.2) is 13.1 Å². The molecule has 1 unspecified atom stereocenters. The van der Waals surface area contributed by atoms with Crippen molar-refractivity contribution in [2.75, 3.05) is 33.6 Å². The van der Waals surface area contributed by atoms with Gasteiger partial charge in [0, 0.05) is 24.2 Å². The van der Waals surface area contributed by atoms with Crippen LogP contribution in [0.15, 0.2) is 18.2 Å². The Morgan fingerprint density at radius 1 is 1.25 bits per heavy atom. The second-order valence-corrected chi connectivity index (χ2v) is 6.35. The lowest BCUT2D eigenvalue weighted by molar-refractivity contribution is 0.386. The lowest BCUT2D eigenvalue weighted by Gasteiger charge is -2.18. The van der Waals surface area contributed by atoms with Gasteiger partial charge in [0.15, 0.2) is 0 Å². The van der Waals surface area contributed by atoms with Crippen LogP contribution in [0.3, 0.4) is 0 Å². The molecule has 1 aromatic carbocycles. The zero-order valence-corrected chi connectivity index (χ0v) is 13.1. The molecule has 0 bridgehead atoms. The minimum atomic E-state index is -3.19. The Labute approximate surface area is 120 Å². The van der Waals surface area contributed by atoms with Crippen molar-refractivity contribution in [1.29, 1.82) is 0 Å². The summed E-state index contributed by atoms with van der Waals surface area (Å²) in [7, 11) is 1.41. The van der Waals surface area contributed by atoms with Crippen LogP contribution >= 0.6 is 0 Å². The van der Waals surface area contributed by atoms with Crippen molar-refractivity contribution in [2.24, 2.45) is 0 Å². The van der Waals surface area contributed by atoms with E-state index in [1.807, 2.05) is 19.1 Å². The maximum absolute atomic E-state index is 11.3. The molecule has 0 saturated heterocycles. The summed E-state index contributed by atoms with van der Waals surface area (Å²) in [6.07, 6.45) is 0. The predicted molar refractivity (Wildman–Crippen MR) is 78.8 cm³/mol.